The normalized spacial score (nSPS) is 11.9. The van der Waals surface area contributed by atoms with Crippen molar-refractivity contribution in [1.29, 1.82) is 0 Å². The fourth-order valence-corrected chi connectivity index (χ4v) is 1.29. The van der Waals surface area contributed by atoms with E-state index in [1.54, 1.807) is 19.1 Å². The number of hydrogen-bond acceptors (Lipinski definition) is 3. The van der Waals surface area contributed by atoms with Crippen LogP contribution in [0, 0.1) is 0 Å². The molecule has 0 saturated heterocycles. The van der Waals surface area contributed by atoms with Crippen LogP contribution in [0.15, 0.2) is 24.3 Å². The van der Waals surface area contributed by atoms with Crippen LogP contribution in [-0.4, -0.2) is 25.1 Å². The largest absolute Gasteiger partial charge is 0.494 e. The zero-order valence-corrected chi connectivity index (χ0v) is 10.5. The summed E-state index contributed by atoms with van der Waals surface area (Å²) in [4.78, 5) is 11.1. The topological polar surface area (TPSA) is 64.4 Å². The molecular formula is C12H17ClN2O2. The third-order valence-corrected chi connectivity index (χ3v) is 2.37. The molecule has 0 spiro atoms. The van der Waals surface area contributed by atoms with Crippen molar-refractivity contribution in [3.63, 3.8) is 0 Å². The van der Waals surface area contributed by atoms with E-state index in [9.17, 15) is 4.79 Å². The smallest absolute Gasteiger partial charge is 0.236 e. The lowest BCUT2D eigenvalue weighted by Crippen LogP contribution is -2.38. The summed E-state index contributed by atoms with van der Waals surface area (Å²) >= 11 is 5.75. The molecule has 0 aliphatic heterocycles. The fourth-order valence-electron chi connectivity index (χ4n) is 1.17. The number of ether oxygens (including phenoxy) is 1. The van der Waals surface area contributed by atoms with Gasteiger partial charge in [0.25, 0.3) is 0 Å². The molecule has 0 aliphatic carbocycles. The molecule has 0 bridgehead atoms. The predicted molar refractivity (Wildman–Crippen MR) is 68.2 cm³/mol. The molecule has 1 unspecified atom stereocenters. The number of halogens is 1. The van der Waals surface area contributed by atoms with Crippen molar-refractivity contribution in [3.05, 3.63) is 29.3 Å². The van der Waals surface area contributed by atoms with Gasteiger partial charge < -0.3 is 15.8 Å². The lowest BCUT2D eigenvalue weighted by molar-refractivity contribution is -0.121. The maximum absolute atomic E-state index is 11.1. The van der Waals surface area contributed by atoms with Crippen LogP contribution in [0.3, 0.4) is 0 Å². The van der Waals surface area contributed by atoms with Gasteiger partial charge in [0.05, 0.1) is 12.6 Å². The van der Waals surface area contributed by atoms with E-state index in [0.29, 0.717) is 18.2 Å². The minimum absolute atomic E-state index is 0.142. The summed E-state index contributed by atoms with van der Waals surface area (Å²) in [6.07, 6.45) is 0.737. The van der Waals surface area contributed by atoms with E-state index in [0.717, 1.165) is 12.2 Å². The van der Waals surface area contributed by atoms with Gasteiger partial charge in [-0.1, -0.05) is 11.6 Å². The van der Waals surface area contributed by atoms with E-state index >= 15 is 0 Å². The second kappa shape index (κ2) is 7.14. The Balaban J connectivity index is 2.12. The summed E-state index contributed by atoms with van der Waals surface area (Å²) in [6, 6.07) is 6.70. The lowest BCUT2D eigenvalue weighted by Gasteiger charge is -2.08. The van der Waals surface area contributed by atoms with Gasteiger partial charge >= 0.3 is 0 Å². The number of amides is 1. The molecule has 1 amide bonds. The standard InChI is InChI=1S/C12H17ClN2O2/c1-9(14)12(16)15-7-2-8-17-11-5-3-10(13)4-6-11/h3-6,9H,2,7-8,14H2,1H3,(H,15,16). The van der Waals surface area contributed by atoms with Crippen LogP contribution in [0.2, 0.25) is 5.02 Å². The molecule has 0 radical (unpaired) electrons. The molecule has 0 saturated carbocycles. The Kier molecular flexibility index (Phi) is 5.80. The summed E-state index contributed by atoms with van der Waals surface area (Å²) in [6.45, 7) is 2.76. The number of nitrogens with one attached hydrogen (secondary N) is 1. The molecule has 0 aliphatic rings. The number of hydrogen-bond donors (Lipinski definition) is 2. The second-order valence-corrected chi connectivity index (χ2v) is 4.17. The van der Waals surface area contributed by atoms with Gasteiger partial charge in [-0.3, -0.25) is 4.79 Å². The quantitative estimate of drug-likeness (QED) is 0.760. The van der Waals surface area contributed by atoms with Crippen molar-refractivity contribution in [3.8, 4) is 5.75 Å². The van der Waals surface area contributed by atoms with Gasteiger partial charge in [-0.2, -0.15) is 0 Å². The number of carbonyl (C=O) groups is 1. The first kappa shape index (κ1) is 13.8. The number of rotatable bonds is 6. The molecule has 0 heterocycles. The Hall–Kier alpha value is -1.26. The van der Waals surface area contributed by atoms with Crippen LogP contribution in [0.25, 0.3) is 0 Å². The molecule has 5 heteroatoms. The van der Waals surface area contributed by atoms with Crippen LogP contribution in [0.1, 0.15) is 13.3 Å². The monoisotopic (exact) mass is 256 g/mol. The van der Waals surface area contributed by atoms with E-state index in [1.807, 2.05) is 12.1 Å². The van der Waals surface area contributed by atoms with Crippen LogP contribution in [0.5, 0.6) is 5.75 Å². The van der Waals surface area contributed by atoms with Crippen LogP contribution < -0.4 is 15.8 Å². The Morgan fingerprint density at radius 2 is 2.12 bits per heavy atom. The van der Waals surface area contributed by atoms with Gasteiger partial charge in [0.2, 0.25) is 5.91 Å². The lowest BCUT2D eigenvalue weighted by atomic mass is 10.3. The molecule has 0 aromatic heterocycles. The summed E-state index contributed by atoms with van der Waals surface area (Å²) < 4.78 is 5.46. The van der Waals surface area contributed by atoms with Crippen LogP contribution >= 0.6 is 11.6 Å². The Bertz CT molecular complexity index is 352. The average molecular weight is 257 g/mol. The number of nitrogens with two attached hydrogens (primary N) is 1. The van der Waals surface area contributed by atoms with Gasteiger partial charge in [-0.05, 0) is 37.6 Å². The van der Waals surface area contributed by atoms with Crippen molar-refractivity contribution in [1.82, 2.24) is 5.32 Å². The van der Waals surface area contributed by atoms with Gasteiger partial charge in [0.1, 0.15) is 5.75 Å². The highest BCUT2D eigenvalue weighted by Gasteiger charge is 2.04. The molecule has 1 rings (SSSR count). The molecule has 0 fully saturated rings. The van der Waals surface area contributed by atoms with Gasteiger partial charge in [0, 0.05) is 11.6 Å². The van der Waals surface area contributed by atoms with Crippen molar-refractivity contribution < 1.29 is 9.53 Å². The summed E-state index contributed by atoms with van der Waals surface area (Å²) in [5, 5.41) is 3.39. The zero-order chi connectivity index (χ0) is 12.7. The first-order chi connectivity index (χ1) is 8.09. The first-order valence-electron chi connectivity index (χ1n) is 5.51. The summed E-state index contributed by atoms with van der Waals surface area (Å²) in [7, 11) is 0. The molecule has 1 aromatic carbocycles. The van der Waals surface area contributed by atoms with Gasteiger partial charge in [-0.15, -0.1) is 0 Å². The maximum Gasteiger partial charge on any atom is 0.236 e. The van der Waals surface area contributed by atoms with E-state index < -0.39 is 6.04 Å². The van der Waals surface area contributed by atoms with Crippen molar-refractivity contribution in [2.75, 3.05) is 13.2 Å². The van der Waals surface area contributed by atoms with Crippen LogP contribution in [-0.2, 0) is 4.79 Å². The molecule has 17 heavy (non-hydrogen) atoms. The van der Waals surface area contributed by atoms with E-state index in [-0.39, 0.29) is 5.91 Å². The maximum atomic E-state index is 11.1. The highest BCUT2D eigenvalue weighted by molar-refractivity contribution is 6.30. The number of carbonyl (C=O) groups excluding carboxylic acids is 1. The second-order valence-electron chi connectivity index (χ2n) is 3.74. The average Bonchev–Trinajstić information content (AvgIpc) is 2.30. The SMILES string of the molecule is CC(N)C(=O)NCCCOc1ccc(Cl)cc1. The highest BCUT2D eigenvalue weighted by Crippen LogP contribution is 2.15. The van der Waals surface area contributed by atoms with Crippen LogP contribution in [0.4, 0.5) is 0 Å². The molecule has 1 aromatic rings. The van der Waals surface area contributed by atoms with E-state index in [4.69, 9.17) is 22.1 Å². The van der Waals surface area contributed by atoms with Gasteiger partial charge in [0.15, 0.2) is 0 Å². The molecule has 3 N–H and O–H groups in total. The third kappa shape index (κ3) is 5.56. The molecule has 94 valence electrons. The minimum atomic E-state index is -0.466. The summed E-state index contributed by atoms with van der Waals surface area (Å²) in [5.74, 6) is 0.629. The van der Waals surface area contributed by atoms with Crippen molar-refractivity contribution in [2.45, 2.75) is 19.4 Å². The van der Waals surface area contributed by atoms with Gasteiger partial charge in [-0.25, -0.2) is 0 Å². The van der Waals surface area contributed by atoms with Crippen molar-refractivity contribution in [2.24, 2.45) is 5.73 Å². The van der Waals surface area contributed by atoms with Crippen molar-refractivity contribution >= 4 is 17.5 Å². The molecular weight excluding hydrogens is 240 g/mol. The Morgan fingerprint density at radius 1 is 1.47 bits per heavy atom. The highest BCUT2D eigenvalue weighted by atomic mass is 35.5. The molecule has 4 nitrogen and oxygen atoms in total. The predicted octanol–water partition coefficient (Wildman–Crippen LogP) is 1.57. The molecule has 1 atom stereocenters. The Labute approximate surface area is 106 Å². The third-order valence-electron chi connectivity index (χ3n) is 2.12. The Morgan fingerprint density at radius 3 is 2.71 bits per heavy atom. The fraction of sp³-hybridized carbons (Fsp3) is 0.417. The first-order valence-corrected chi connectivity index (χ1v) is 5.89. The zero-order valence-electron chi connectivity index (χ0n) is 9.78. The van der Waals surface area contributed by atoms with E-state index in [1.165, 1.54) is 0 Å². The summed E-state index contributed by atoms with van der Waals surface area (Å²) in [5.41, 5.74) is 5.40. The van der Waals surface area contributed by atoms with E-state index in [2.05, 4.69) is 5.32 Å². The number of benzene rings is 1. The minimum Gasteiger partial charge on any atom is -0.494 e.